The first-order valence-corrected chi connectivity index (χ1v) is 14.2. The summed E-state index contributed by atoms with van der Waals surface area (Å²) in [6.45, 7) is 6.66. The molecule has 1 saturated heterocycles. The van der Waals surface area contributed by atoms with Crippen LogP contribution in [0.1, 0.15) is 79.4 Å². The molecular formula is C31H36N8O. The molecule has 2 N–H and O–H groups in total. The highest BCUT2D eigenvalue weighted by molar-refractivity contribution is 6.04. The van der Waals surface area contributed by atoms with Gasteiger partial charge in [0, 0.05) is 37.9 Å². The molecular weight excluding hydrogens is 500 g/mol. The van der Waals surface area contributed by atoms with Crippen molar-refractivity contribution in [1.82, 2.24) is 29.6 Å². The van der Waals surface area contributed by atoms with Crippen molar-refractivity contribution in [2.45, 2.75) is 57.4 Å². The van der Waals surface area contributed by atoms with Gasteiger partial charge in [0.2, 0.25) is 0 Å². The van der Waals surface area contributed by atoms with E-state index in [2.05, 4.69) is 51.4 Å². The van der Waals surface area contributed by atoms with Gasteiger partial charge < -0.3 is 14.9 Å². The largest absolute Gasteiger partial charge is 0.360 e. The highest BCUT2D eigenvalue weighted by atomic mass is 16.1. The van der Waals surface area contributed by atoms with Crippen LogP contribution >= 0.6 is 0 Å². The van der Waals surface area contributed by atoms with Crippen LogP contribution in [0.25, 0.3) is 11.0 Å². The molecule has 0 bridgehead atoms. The molecule has 2 aliphatic rings. The van der Waals surface area contributed by atoms with Gasteiger partial charge in [0.1, 0.15) is 17.8 Å². The normalized spacial score (nSPS) is 23.9. The Balaban J connectivity index is 1.28. The number of nitrogens with one attached hydrogen (secondary N) is 2. The molecule has 3 aromatic heterocycles. The van der Waals surface area contributed by atoms with Gasteiger partial charge in [0.25, 0.3) is 5.91 Å². The fourth-order valence-corrected chi connectivity index (χ4v) is 6.84. The number of aryl methyl sites for hydroxylation is 1. The summed E-state index contributed by atoms with van der Waals surface area (Å²) in [6.07, 6.45) is 8.25. The SMILES string of the molecule is CC(c1cc(C(=O)Nc2cccc(C3(c4nncn4C)CC(CC#N)C3)c2)nc2cc[nH]c12)N1CCC[C@H](C)C1. The van der Waals surface area contributed by atoms with Crippen molar-refractivity contribution in [3.05, 3.63) is 71.6 Å². The van der Waals surface area contributed by atoms with E-state index in [0.717, 1.165) is 53.9 Å². The Morgan fingerprint density at radius 1 is 1.30 bits per heavy atom. The molecule has 9 nitrogen and oxygen atoms in total. The van der Waals surface area contributed by atoms with Crippen molar-refractivity contribution in [3.63, 3.8) is 0 Å². The number of piperidine rings is 1. The van der Waals surface area contributed by atoms with E-state index in [0.29, 0.717) is 29.6 Å². The highest BCUT2D eigenvalue weighted by Crippen LogP contribution is 2.53. The van der Waals surface area contributed by atoms with Crippen LogP contribution in [0.2, 0.25) is 0 Å². The summed E-state index contributed by atoms with van der Waals surface area (Å²) in [7, 11) is 1.95. The average molecular weight is 537 g/mol. The first-order valence-electron chi connectivity index (χ1n) is 14.2. The van der Waals surface area contributed by atoms with Crippen molar-refractivity contribution in [1.29, 1.82) is 5.26 Å². The van der Waals surface area contributed by atoms with Gasteiger partial charge in [-0.1, -0.05) is 19.1 Å². The number of hydrogen-bond acceptors (Lipinski definition) is 6. The van der Waals surface area contributed by atoms with Crippen LogP contribution in [0, 0.1) is 23.2 Å². The smallest absolute Gasteiger partial charge is 0.274 e. The predicted octanol–water partition coefficient (Wildman–Crippen LogP) is 5.35. The number of anilines is 1. The Morgan fingerprint density at radius 2 is 2.15 bits per heavy atom. The lowest BCUT2D eigenvalue weighted by molar-refractivity contribution is 0.102. The van der Waals surface area contributed by atoms with E-state index in [-0.39, 0.29) is 17.4 Å². The van der Waals surface area contributed by atoms with E-state index in [4.69, 9.17) is 4.98 Å². The number of benzene rings is 1. The molecule has 2 fully saturated rings. The van der Waals surface area contributed by atoms with Crippen molar-refractivity contribution in [2.24, 2.45) is 18.9 Å². The molecule has 1 unspecified atom stereocenters. The standard InChI is InChI=1S/C31H36N8O/c1-20-6-5-13-39(18-20)21(2)25-15-27(36-26-10-12-33-28(25)26)29(40)35-24-8-4-7-23(14-24)31(16-22(17-31)9-11-32)30-37-34-19-38(30)3/h4,7-8,10,12,14-15,19-22,33H,5-6,9,13,16-18H2,1-3H3,(H,35,40)/t20-,21?,22?,31?/m0/s1. The lowest BCUT2D eigenvalue weighted by Crippen LogP contribution is -2.44. The van der Waals surface area contributed by atoms with Crippen LogP contribution in [0.3, 0.4) is 0 Å². The number of carbonyl (C=O) groups is 1. The van der Waals surface area contributed by atoms with E-state index in [9.17, 15) is 10.1 Å². The van der Waals surface area contributed by atoms with Crippen molar-refractivity contribution >= 4 is 22.6 Å². The lowest BCUT2D eigenvalue weighted by atomic mass is 9.57. The number of amides is 1. The number of pyridine rings is 1. The second kappa shape index (κ2) is 10.5. The number of H-pyrrole nitrogens is 1. The molecule has 1 saturated carbocycles. The average Bonchev–Trinajstić information content (AvgIpc) is 3.59. The van der Waals surface area contributed by atoms with Crippen molar-refractivity contribution < 1.29 is 4.79 Å². The molecule has 2 atom stereocenters. The zero-order valence-corrected chi connectivity index (χ0v) is 23.4. The molecule has 1 amide bonds. The van der Waals surface area contributed by atoms with Crippen LogP contribution in [-0.4, -0.2) is 48.6 Å². The topological polar surface area (TPSA) is 116 Å². The molecule has 0 radical (unpaired) electrons. The second-order valence-electron chi connectivity index (χ2n) is 11.8. The van der Waals surface area contributed by atoms with Gasteiger partial charge in [-0.15, -0.1) is 10.2 Å². The Bertz CT molecular complexity index is 1570. The van der Waals surface area contributed by atoms with E-state index in [1.165, 1.54) is 12.8 Å². The minimum Gasteiger partial charge on any atom is -0.360 e. The Morgan fingerprint density at radius 3 is 2.90 bits per heavy atom. The monoisotopic (exact) mass is 536 g/mol. The maximum Gasteiger partial charge on any atom is 0.274 e. The van der Waals surface area contributed by atoms with Gasteiger partial charge in [-0.2, -0.15) is 5.26 Å². The third-order valence-electron chi connectivity index (χ3n) is 8.93. The molecule has 1 aliphatic carbocycles. The highest BCUT2D eigenvalue weighted by Gasteiger charge is 2.49. The fraction of sp³-hybridized carbons (Fsp3) is 0.452. The second-order valence-corrected chi connectivity index (χ2v) is 11.8. The molecule has 206 valence electrons. The van der Waals surface area contributed by atoms with Crippen LogP contribution in [0.5, 0.6) is 0 Å². The third-order valence-corrected chi connectivity index (χ3v) is 8.93. The Hall–Kier alpha value is -4.03. The predicted molar refractivity (Wildman–Crippen MR) is 154 cm³/mol. The number of fused-ring (bicyclic) bond motifs is 1. The van der Waals surface area contributed by atoms with Gasteiger partial charge in [-0.25, -0.2) is 4.98 Å². The van der Waals surface area contributed by atoms with Gasteiger partial charge in [0.05, 0.1) is 22.5 Å². The van der Waals surface area contributed by atoms with E-state index in [1.54, 1.807) is 6.33 Å². The summed E-state index contributed by atoms with van der Waals surface area (Å²) in [6, 6.07) is 14.3. The van der Waals surface area contributed by atoms with E-state index in [1.807, 2.05) is 48.1 Å². The zero-order valence-electron chi connectivity index (χ0n) is 23.4. The van der Waals surface area contributed by atoms with Crippen LogP contribution in [0.15, 0.2) is 48.9 Å². The number of hydrogen-bond donors (Lipinski definition) is 2. The quantitative estimate of drug-likeness (QED) is 0.329. The fourth-order valence-electron chi connectivity index (χ4n) is 6.84. The Kier molecular flexibility index (Phi) is 6.88. The number of aromatic nitrogens is 5. The Labute approximate surface area is 234 Å². The number of carbonyl (C=O) groups excluding carboxylic acids is 1. The first kappa shape index (κ1) is 26.2. The molecule has 40 heavy (non-hydrogen) atoms. The zero-order chi connectivity index (χ0) is 27.9. The summed E-state index contributed by atoms with van der Waals surface area (Å²) in [5.41, 5.74) is 4.75. The molecule has 4 heterocycles. The molecule has 1 aliphatic heterocycles. The summed E-state index contributed by atoms with van der Waals surface area (Å²) < 4.78 is 1.95. The van der Waals surface area contributed by atoms with Gasteiger partial charge in [-0.3, -0.25) is 9.69 Å². The van der Waals surface area contributed by atoms with E-state index >= 15 is 0 Å². The number of aromatic amines is 1. The summed E-state index contributed by atoms with van der Waals surface area (Å²) in [4.78, 5) is 24.2. The van der Waals surface area contributed by atoms with Crippen molar-refractivity contribution in [3.8, 4) is 6.07 Å². The molecule has 9 heteroatoms. The van der Waals surface area contributed by atoms with Crippen LogP contribution in [0.4, 0.5) is 5.69 Å². The number of likely N-dealkylation sites (tertiary alicyclic amines) is 1. The third kappa shape index (κ3) is 4.66. The van der Waals surface area contributed by atoms with Gasteiger partial charge in [-0.05, 0) is 86.4 Å². The van der Waals surface area contributed by atoms with Crippen LogP contribution in [-0.2, 0) is 12.5 Å². The number of nitrogens with zero attached hydrogens (tertiary/aromatic N) is 6. The molecule has 6 rings (SSSR count). The molecule has 0 spiro atoms. The number of rotatable bonds is 7. The maximum atomic E-state index is 13.6. The summed E-state index contributed by atoms with van der Waals surface area (Å²) in [5.74, 6) is 1.64. The van der Waals surface area contributed by atoms with Crippen molar-refractivity contribution in [2.75, 3.05) is 18.4 Å². The first-order chi connectivity index (χ1) is 19.4. The number of nitriles is 1. The molecule has 1 aromatic carbocycles. The van der Waals surface area contributed by atoms with Gasteiger partial charge >= 0.3 is 0 Å². The van der Waals surface area contributed by atoms with Crippen LogP contribution < -0.4 is 5.32 Å². The maximum absolute atomic E-state index is 13.6. The minimum atomic E-state index is -0.329. The summed E-state index contributed by atoms with van der Waals surface area (Å²) in [5, 5.41) is 20.9. The minimum absolute atomic E-state index is 0.174. The van der Waals surface area contributed by atoms with Gasteiger partial charge in [0.15, 0.2) is 0 Å². The summed E-state index contributed by atoms with van der Waals surface area (Å²) >= 11 is 0. The lowest BCUT2D eigenvalue weighted by Gasteiger charge is -2.46. The van der Waals surface area contributed by atoms with E-state index < -0.39 is 0 Å². The molecule has 4 aromatic rings.